The molecule has 122 valence electrons. The van der Waals surface area contributed by atoms with Crippen LogP contribution in [0.25, 0.3) is 11.3 Å². The molecule has 0 unspecified atom stereocenters. The van der Waals surface area contributed by atoms with Crippen molar-refractivity contribution in [1.29, 1.82) is 0 Å². The molecule has 0 fully saturated rings. The number of imidazole rings is 1. The number of rotatable bonds is 5. The maximum atomic E-state index is 12.0. The van der Waals surface area contributed by atoms with Crippen LogP contribution in [0.4, 0.5) is 5.69 Å². The number of H-pyrrole nitrogens is 1. The van der Waals surface area contributed by atoms with Gasteiger partial charge >= 0.3 is 0 Å². The number of nitrogens with zero attached hydrogens (tertiary/aromatic N) is 1. The van der Waals surface area contributed by atoms with Crippen LogP contribution < -0.4 is 5.32 Å². The van der Waals surface area contributed by atoms with Crippen LogP contribution >= 0.6 is 23.4 Å². The second kappa shape index (κ2) is 7.55. The number of carbonyl (C=O) groups excluding carboxylic acids is 1. The summed E-state index contributed by atoms with van der Waals surface area (Å²) in [6.07, 6.45) is 1.75. The molecule has 0 aliphatic heterocycles. The summed E-state index contributed by atoms with van der Waals surface area (Å²) in [7, 11) is 0. The van der Waals surface area contributed by atoms with E-state index in [9.17, 15) is 4.79 Å². The number of aromatic nitrogens is 2. The Labute approximate surface area is 149 Å². The summed E-state index contributed by atoms with van der Waals surface area (Å²) >= 11 is 7.25. The van der Waals surface area contributed by atoms with E-state index in [0.717, 1.165) is 22.5 Å². The zero-order chi connectivity index (χ0) is 16.9. The fourth-order valence-electron chi connectivity index (χ4n) is 2.12. The lowest BCUT2D eigenvalue weighted by atomic mass is 10.2. The second-order valence-corrected chi connectivity index (χ2v) is 6.71. The van der Waals surface area contributed by atoms with E-state index in [0.29, 0.717) is 15.9 Å². The van der Waals surface area contributed by atoms with E-state index < -0.39 is 0 Å². The number of aryl methyl sites for hydroxylation is 1. The van der Waals surface area contributed by atoms with Crippen molar-refractivity contribution < 1.29 is 4.79 Å². The number of nitrogens with one attached hydrogen (secondary N) is 2. The number of hydrogen-bond acceptors (Lipinski definition) is 3. The van der Waals surface area contributed by atoms with Gasteiger partial charge in [-0.15, -0.1) is 0 Å². The highest BCUT2D eigenvalue weighted by molar-refractivity contribution is 7.99. The molecule has 24 heavy (non-hydrogen) atoms. The summed E-state index contributed by atoms with van der Waals surface area (Å²) in [6.45, 7) is 2.01. The minimum atomic E-state index is -0.0618. The van der Waals surface area contributed by atoms with E-state index in [-0.39, 0.29) is 5.91 Å². The van der Waals surface area contributed by atoms with Gasteiger partial charge in [0, 0.05) is 10.7 Å². The van der Waals surface area contributed by atoms with Gasteiger partial charge in [-0.1, -0.05) is 53.2 Å². The maximum absolute atomic E-state index is 12.0. The molecule has 4 nitrogen and oxygen atoms in total. The van der Waals surface area contributed by atoms with Gasteiger partial charge in [-0.25, -0.2) is 4.98 Å². The predicted molar refractivity (Wildman–Crippen MR) is 99.6 cm³/mol. The van der Waals surface area contributed by atoms with Crippen LogP contribution in [0, 0.1) is 6.92 Å². The number of benzene rings is 2. The molecule has 1 amide bonds. The second-order valence-electron chi connectivity index (χ2n) is 5.31. The van der Waals surface area contributed by atoms with Crippen molar-refractivity contribution >= 4 is 35.0 Å². The van der Waals surface area contributed by atoms with Gasteiger partial charge < -0.3 is 10.3 Å². The van der Waals surface area contributed by atoms with Crippen molar-refractivity contribution in [3.05, 3.63) is 65.3 Å². The predicted octanol–water partition coefficient (Wildman–Crippen LogP) is 4.77. The molecule has 0 saturated heterocycles. The number of halogens is 1. The lowest BCUT2D eigenvalue weighted by Crippen LogP contribution is -2.14. The smallest absolute Gasteiger partial charge is 0.234 e. The van der Waals surface area contributed by atoms with Gasteiger partial charge in [0.1, 0.15) is 0 Å². The summed E-state index contributed by atoms with van der Waals surface area (Å²) in [5, 5.41) is 4.27. The Bertz CT molecular complexity index is 828. The summed E-state index contributed by atoms with van der Waals surface area (Å²) < 4.78 is 0. The van der Waals surface area contributed by atoms with Crippen molar-refractivity contribution in [2.24, 2.45) is 0 Å². The van der Waals surface area contributed by atoms with Crippen molar-refractivity contribution in [2.45, 2.75) is 12.1 Å². The van der Waals surface area contributed by atoms with E-state index in [4.69, 9.17) is 11.6 Å². The molecular weight excluding hydrogens is 342 g/mol. The average Bonchev–Trinajstić information content (AvgIpc) is 3.05. The zero-order valence-electron chi connectivity index (χ0n) is 13.0. The number of hydrogen-bond donors (Lipinski definition) is 2. The van der Waals surface area contributed by atoms with E-state index in [1.54, 1.807) is 6.20 Å². The largest absolute Gasteiger partial charge is 0.333 e. The van der Waals surface area contributed by atoms with Crippen LogP contribution in [0.1, 0.15) is 5.56 Å². The molecule has 3 rings (SSSR count). The van der Waals surface area contributed by atoms with Crippen molar-refractivity contribution in [3.8, 4) is 11.3 Å². The van der Waals surface area contributed by atoms with Gasteiger partial charge in [-0.3, -0.25) is 4.79 Å². The molecule has 2 aromatic carbocycles. The first-order valence-electron chi connectivity index (χ1n) is 7.40. The minimum absolute atomic E-state index is 0.0618. The summed E-state index contributed by atoms with van der Waals surface area (Å²) in [4.78, 5) is 19.5. The minimum Gasteiger partial charge on any atom is -0.333 e. The highest BCUT2D eigenvalue weighted by Crippen LogP contribution is 2.23. The number of amides is 1. The highest BCUT2D eigenvalue weighted by atomic mass is 35.5. The lowest BCUT2D eigenvalue weighted by Gasteiger charge is -2.04. The molecule has 1 aromatic heterocycles. The fourth-order valence-corrected chi connectivity index (χ4v) is 2.90. The van der Waals surface area contributed by atoms with Crippen LogP contribution in [-0.2, 0) is 4.79 Å². The third-order valence-corrected chi connectivity index (χ3v) is 4.52. The molecule has 1 heterocycles. The van der Waals surface area contributed by atoms with E-state index in [1.807, 2.05) is 55.5 Å². The van der Waals surface area contributed by atoms with Crippen LogP contribution in [-0.4, -0.2) is 21.6 Å². The lowest BCUT2D eigenvalue weighted by molar-refractivity contribution is -0.113. The topological polar surface area (TPSA) is 57.8 Å². The van der Waals surface area contributed by atoms with Crippen molar-refractivity contribution in [1.82, 2.24) is 9.97 Å². The third-order valence-electron chi connectivity index (χ3n) is 3.38. The van der Waals surface area contributed by atoms with Crippen molar-refractivity contribution in [3.63, 3.8) is 0 Å². The molecule has 0 spiro atoms. The molecule has 0 saturated carbocycles. The molecule has 3 aromatic rings. The van der Waals surface area contributed by atoms with Gasteiger partial charge in [0.25, 0.3) is 0 Å². The van der Waals surface area contributed by atoms with Crippen LogP contribution in [0.5, 0.6) is 0 Å². The fraction of sp³-hybridized carbons (Fsp3) is 0.111. The summed E-state index contributed by atoms with van der Waals surface area (Å²) in [5.41, 5.74) is 3.86. The van der Waals surface area contributed by atoms with Gasteiger partial charge in [-0.2, -0.15) is 0 Å². The standard InChI is InChI=1S/C18H16ClN3OS/c1-12-2-8-15(9-3-12)21-17(23)11-24-18-20-10-16(22-18)13-4-6-14(19)7-5-13/h2-10H,11H2,1H3,(H,20,22)(H,21,23). The summed E-state index contributed by atoms with van der Waals surface area (Å²) in [5.74, 6) is 0.231. The summed E-state index contributed by atoms with van der Waals surface area (Å²) in [6, 6.07) is 15.2. The Hall–Kier alpha value is -2.24. The molecule has 0 aliphatic carbocycles. The maximum Gasteiger partial charge on any atom is 0.234 e. The first-order valence-corrected chi connectivity index (χ1v) is 8.77. The van der Waals surface area contributed by atoms with Gasteiger partial charge in [0.05, 0.1) is 17.6 Å². The van der Waals surface area contributed by atoms with E-state index in [1.165, 1.54) is 11.8 Å². The molecular formula is C18H16ClN3OS. The normalized spacial score (nSPS) is 10.6. The highest BCUT2D eigenvalue weighted by Gasteiger charge is 2.07. The molecule has 0 atom stereocenters. The van der Waals surface area contributed by atoms with E-state index >= 15 is 0 Å². The Kier molecular flexibility index (Phi) is 5.23. The Morgan fingerprint density at radius 3 is 2.58 bits per heavy atom. The number of aromatic amines is 1. The third kappa shape index (κ3) is 4.40. The number of thioether (sulfide) groups is 1. The molecule has 0 bridgehead atoms. The van der Waals surface area contributed by atoms with Crippen LogP contribution in [0.15, 0.2) is 59.9 Å². The van der Waals surface area contributed by atoms with E-state index in [2.05, 4.69) is 15.3 Å². The molecule has 0 aliphatic rings. The average molecular weight is 358 g/mol. The van der Waals surface area contributed by atoms with Crippen molar-refractivity contribution in [2.75, 3.05) is 11.1 Å². The van der Waals surface area contributed by atoms with Gasteiger partial charge in [0.2, 0.25) is 5.91 Å². The number of carbonyl (C=O) groups is 1. The molecule has 6 heteroatoms. The Morgan fingerprint density at radius 1 is 1.17 bits per heavy atom. The van der Waals surface area contributed by atoms with Crippen LogP contribution in [0.2, 0.25) is 5.02 Å². The first kappa shape index (κ1) is 16.6. The van der Waals surface area contributed by atoms with Crippen LogP contribution in [0.3, 0.4) is 0 Å². The quantitative estimate of drug-likeness (QED) is 0.647. The SMILES string of the molecule is Cc1ccc(NC(=O)CSc2ncc(-c3ccc(Cl)cc3)[nH]2)cc1. The first-order chi connectivity index (χ1) is 11.6. The van der Waals surface area contributed by atoms with Gasteiger partial charge in [-0.05, 0) is 36.8 Å². The molecule has 2 N–H and O–H groups in total. The number of anilines is 1. The van der Waals surface area contributed by atoms with Gasteiger partial charge in [0.15, 0.2) is 5.16 Å². The Balaban J connectivity index is 1.56. The monoisotopic (exact) mass is 357 g/mol. The Morgan fingerprint density at radius 2 is 1.88 bits per heavy atom. The molecule has 0 radical (unpaired) electrons. The zero-order valence-corrected chi connectivity index (χ0v) is 14.6.